The van der Waals surface area contributed by atoms with Gasteiger partial charge in [-0.3, -0.25) is 15.0 Å². The quantitative estimate of drug-likeness (QED) is 0.544. The Morgan fingerprint density at radius 3 is 2.33 bits per heavy atom. The smallest absolute Gasteiger partial charge is 0.144 e. The minimum absolute atomic E-state index is 0.283. The summed E-state index contributed by atoms with van der Waals surface area (Å²) in [6.07, 6.45) is 7.34. The summed E-state index contributed by atoms with van der Waals surface area (Å²) in [7, 11) is 0. The molecule has 0 aliphatic heterocycles. The zero-order valence-corrected chi connectivity index (χ0v) is 16.8. The monoisotopic (exact) mass is 403 g/mol. The van der Waals surface area contributed by atoms with Gasteiger partial charge in [0.2, 0.25) is 0 Å². The lowest BCUT2D eigenvalue weighted by Gasteiger charge is -2.09. The van der Waals surface area contributed by atoms with Gasteiger partial charge in [0.1, 0.15) is 5.82 Å². The fourth-order valence-electron chi connectivity index (χ4n) is 2.91. The van der Waals surface area contributed by atoms with Gasteiger partial charge in [-0.25, -0.2) is 4.39 Å². The van der Waals surface area contributed by atoms with Gasteiger partial charge in [0.25, 0.3) is 0 Å². The summed E-state index contributed by atoms with van der Waals surface area (Å²) in [5, 5.41) is 1.29. The fourth-order valence-corrected chi connectivity index (χ4v) is 3.42. The van der Waals surface area contributed by atoms with Gasteiger partial charge in [0.05, 0.1) is 21.9 Å². The third-order valence-corrected chi connectivity index (χ3v) is 5.07. The number of hydrogen-bond acceptors (Lipinski definition) is 3. The van der Waals surface area contributed by atoms with Crippen LogP contribution in [0, 0.1) is 19.7 Å². The van der Waals surface area contributed by atoms with Gasteiger partial charge in [-0.1, -0.05) is 23.2 Å². The van der Waals surface area contributed by atoms with Crippen LogP contribution >= 0.6 is 23.2 Å². The standard InChI is InChI=1S/C21H20Cl2FN3/c1-13-7-18(22)21(27-10-13)6-4-15-9-17(26-11-19(15)23)5-3-16-8-14(2)25-12-20(16)24/h7-12H,3-6H2,1-2H3. The summed E-state index contributed by atoms with van der Waals surface area (Å²) in [5.41, 5.74) is 5.21. The molecule has 0 saturated carbocycles. The molecule has 0 spiro atoms. The predicted molar refractivity (Wildman–Crippen MR) is 107 cm³/mol. The molecule has 3 nitrogen and oxygen atoms in total. The van der Waals surface area contributed by atoms with Crippen molar-refractivity contribution in [3.63, 3.8) is 0 Å². The molecule has 0 N–H and O–H groups in total. The van der Waals surface area contributed by atoms with E-state index in [0.29, 0.717) is 41.3 Å². The summed E-state index contributed by atoms with van der Waals surface area (Å²) in [6, 6.07) is 5.67. The lowest BCUT2D eigenvalue weighted by molar-refractivity contribution is 0.600. The van der Waals surface area contributed by atoms with Crippen molar-refractivity contribution < 1.29 is 4.39 Å². The van der Waals surface area contributed by atoms with E-state index in [2.05, 4.69) is 15.0 Å². The van der Waals surface area contributed by atoms with Crippen molar-refractivity contribution in [2.45, 2.75) is 39.5 Å². The molecule has 0 amide bonds. The van der Waals surface area contributed by atoms with Gasteiger partial charge < -0.3 is 0 Å². The SMILES string of the molecule is Cc1cnc(CCc2cc(CCc3cc(C)ncc3F)ncc2Cl)c(Cl)c1. The van der Waals surface area contributed by atoms with E-state index in [9.17, 15) is 4.39 Å². The molecular formula is C21H20Cl2FN3. The normalized spacial score (nSPS) is 11.0. The van der Waals surface area contributed by atoms with Gasteiger partial charge in [0, 0.05) is 23.8 Å². The van der Waals surface area contributed by atoms with E-state index in [-0.39, 0.29) is 5.82 Å². The van der Waals surface area contributed by atoms with Gasteiger partial charge in [0.15, 0.2) is 0 Å². The van der Waals surface area contributed by atoms with Crippen molar-refractivity contribution in [1.29, 1.82) is 0 Å². The maximum absolute atomic E-state index is 13.9. The maximum Gasteiger partial charge on any atom is 0.144 e. The molecule has 140 valence electrons. The molecule has 0 aromatic carbocycles. The van der Waals surface area contributed by atoms with Crippen LogP contribution in [0.15, 0.2) is 36.8 Å². The third kappa shape index (κ3) is 5.24. The minimum Gasteiger partial charge on any atom is -0.260 e. The molecule has 0 saturated heterocycles. The van der Waals surface area contributed by atoms with Crippen molar-refractivity contribution in [3.05, 3.63) is 86.4 Å². The molecule has 0 radical (unpaired) electrons. The number of aryl methyl sites for hydroxylation is 6. The van der Waals surface area contributed by atoms with E-state index >= 15 is 0 Å². The van der Waals surface area contributed by atoms with Crippen molar-refractivity contribution in [3.8, 4) is 0 Å². The van der Waals surface area contributed by atoms with Gasteiger partial charge in [-0.2, -0.15) is 0 Å². The Morgan fingerprint density at radius 1 is 0.778 bits per heavy atom. The van der Waals surface area contributed by atoms with Crippen LogP contribution in [0.5, 0.6) is 0 Å². The molecule has 6 heteroatoms. The summed E-state index contributed by atoms with van der Waals surface area (Å²) in [5.74, 6) is -0.283. The highest BCUT2D eigenvalue weighted by Gasteiger charge is 2.09. The number of aromatic nitrogens is 3. The van der Waals surface area contributed by atoms with Crippen molar-refractivity contribution >= 4 is 23.2 Å². The van der Waals surface area contributed by atoms with Gasteiger partial charge in [-0.15, -0.1) is 0 Å². The van der Waals surface area contributed by atoms with Crippen LogP contribution in [0.3, 0.4) is 0 Å². The number of rotatable bonds is 6. The average Bonchev–Trinajstić information content (AvgIpc) is 2.63. The number of halogens is 3. The first kappa shape index (κ1) is 19.7. The number of nitrogens with zero attached hydrogens (tertiary/aromatic N) is 3. The topological polar surface area (TPSA) is 38.7 Å². The Hall–Kier alpha value is -2.04. The minimum atomic E-state index is -0.283. The van der Waals surface area contributed by atoms with Crippen LogP contribution in [-0.4, -0.2) is 15.0 Å². The number of pyridine rings is 3. The molecule has 3 aromatic rings. The Balaban J connectivity index is 1.69. The van der Waals surface area contributed by atoms with E-state index in [1.165, 1.54) is 6.20 Å². The molecule has 0 fully saturated rings. The Kier molecular flexibility index (Phi) is 6.40. The molecule has 27 heavy (non-hydrogen) atoms. The maximum atomic E-state index is 13.9. The third-order valence-electron chi connectivity index (χ3n) is 4.40. The van der Waals surface area contributed by atoms with E-state index in [0.717, 1.165) is 28.2 Å². The highest BCUT2D eigenvalue weighted by Crippen LogP contribution is 2.22. The van der Waals surface area contributed by atoms with E-state index in [1.807, 2.05) is 32.2 Å². The molecule has 0 atom stereocenters. The zero-order valence-electron chi connectivity index (χ0n) is 15.3. The zero-order chi connectivity index (χ0) is 19.4. The summed E-state index contributed by atoms with van der Waals surface area (Å²) >= 11 is 12.6. The molecule has 3 heterocycles. The van der Waals surface area contributed by atoms with Crippen LogP contribution in [0.4, 0.5) is 4.39 Å². The molecule has 0 bridgehead atoms. The fraction of sp³-hybridized carbons (Fsp3) is 0.286. The molecule has 0 aliphatic carbocycles. The average molecular weight is 404 g/mol. The first-order valence-electron chi connectivity index (χ1n) is 8.77. The molecule has 0 aliphatic rings. The van der Waals surface area contributed by atoms with Crippen molar-refractivity contribution in [2.75, 3.05) is 0 Å². The molecule has 3 rings (SSSR count). The summed E-state index contributed by atoms with van der Waals surface area (Å²) in [4.78, 5) is 12.7. The van der Waals surface area contributed by atoms with E-state index in [4.69, 9.17) is 23.2 Å². The lowest BCUT2D eigenvalue weighted by atomic mass is 10.0. The van der Waals surface area contributed by atoms with Gasteiger partial charge >= 0.3 is 0 Å². The van der Waals surface area contributed by atoms with E-state index < -0.39 is 0 Å². The van der Waals surface area contributed by atoms with Gasteiger partial charge in [-0.05, 0) is 74.4 Å². The largest absolute Gasteiger partial charge is 0.260 e. The van der Waals surface area contributed by atoms with Crippen LogP contribution in [0.2, 0.25) is 10.0 Å². The second kappa shape index (κ2) is 8.77. The molecular weight excluding hydrogens is 384 g/mol. The Morgan fingerprint density at radius 2 is 1.56 bits per heavy atom. The van der Waals surface area contributed by atoms with Crippen LogP contribution < -0.4 is 0 Å². The highest BCUT2D eigenvalue weighted by molar-refractivity contribution is 6.31. The molecule has 3 aromatic heterocycles. The predicted octanol–water partition coefficient (Wildman–Crippen LogP) is 5.50. The summed E-state index contributed by atoms with van der Waals surface area (Å²) in [6.45, 7) is 3.81. The summed E-state index contributed by atoms with van der Waals surface area (Å²) < 4.78 is 13.9. The van der Waals surface area contributed by atoms with Crippen LogP contribution in [-0.2, 0) is 25.7 Å². The second-order valence-electron chi connectivity index (χ2n) is 6.63. The second-order valence-corrected chi connectivity index (χ2v) is 7.44. The number of hydrogen-bond donors (Lipinski definition) is 0. The highest BCUT2D eigenvalue weighted by atomic mass is 35.5. The Labute approximate surface area is 168 Å². The molecule has 0 unspecified atom stereocenters. The van der Waals surface area contributed by atoms with Crippen molar-refractivity contribution in [1.82, 2.24) is 15.0 Å². The Bertz CT molecular complexity index is 960. The lowest BCUT2D eigenvalue weighted by Crippen LogP contribution is -2.02. The van der Waals surface area contributed by atoms with Crippen LogP contribution in [0.25, 0.3) is 0 Å². The first-order chi connectivity index (χ1) is 12.9. The van der Waals surface area contributed by atoms with Crippen LogP contribution in [0.1, 0.15) is 33.8 Å². The first-order valence-corrected chi connectivity index (χ1v) is 9.53. The van der Waals surface area contributed by atoms with E-state index in [1.54, 1.807) is 12.3 Å². The van der Waals surface area contributed by atoms with Crippen molar-refractivity contribution in [2.24, 2.45) is 0 Å².